The number of likely N-dealkylation sites (N-methyl/N-ethyl adjacent to an activating group) is 1. The predicted octanol–water partition coefficient (Wildman–Crippen LogP) is 1.40. The van der Waals surface area contributed by atoms with Gasteiger partial charge in [0, 0.05) is 6.54 Å². The molecule has 14 heavy (non-hydrogen) atoms. The molecular formula is C11H15NO2. The maximum absolute atomic E-state index is 8.99. The van der Waals surface area contributed by atoms with Crippen LogP contribution in [0.25, 0.3) is 0 Å². The summed E-state index contributed by atoms with van der Waals surface area (Å²) in [7, 11) is 0. The fourth-order valence-corrected chi connectivity index (χ4v) is 1.75. The third-order valence-corrected chi connectivity index (χ3v) is 2.55. The molecule has 1 N–H and O–H groups in total. The molecule has 0 saturated heterocycles. The normalized spacial score (nSPS) is 14.9. The van der Waals surface area contributed by atoms with Gasteiger partial charge in [0.2, 0.25) is 0 Å². The largest absolute Gasteiger partial charge is 0.490 e. The number of rotatable bonds is 2. The molecule has 0 aromatic heterocycles. The van der Waals surface area contributed by atoms with Crippen molar-refractivity contribution in [1.29, 1.82) is 0 Å². The SMILES string of the molecule is CCN1CCOc2cc(CO)ccc21. The van der Waals surface area contributed by atoms with Crippen molar-refractivity contribution in [3.05, 3.63) is 23.8 Å². The van der Waals surface area contributed by atoms with E-state index >= 15 is 0 Å². The number of aliphatic hydroxyl groups is 1. The molecule has 1 aliphatic rings. The van der Waals surface area contributed by atoms with E-state index in [1.54, 1.807) is 0 Å². The zero-order valence-corrected chi connectivity index (χ0v) is 8.36. The average Bonchev–Trinajstić information content (AvgIpc) is 2.27. The van der Waals surface area contributed by atoms with Crippen molar-refractivity contribution in [1.82, 2.24) is 0 Å². The van der Waals surface area contributed by atoms with Gasteiger partial charge in [-0.05, 0) is 24.6 Å². The van der Waals surface area contributed by atoms with Crippen LogP contribution < -0.4 is 9.64 Å². The Morgan fingerprint density at radius 1 is 1.50 bits per heavy atom. The molecule has 1 heterocycles. The quantitative estimate of drug-likeness (QED) is 0.770. The fraction of sp³-hybridized carbons (Fsp3) is 0.455. The average molecular weight is 193 g/mol. The van der Waals surface area contributed by atoms with E-state index in [0.29, 0.717) is 0 Å². The number of benzene rings is 1. The summed E-state index contributed by atoms with van der Waals surface area (Å²) in [5.41, 5.74) is 2.04. The van der Waals surface area contributed by atoms with Gasteiger partial charge in [0.1, 0.15) is 12.4 Å². The van der Waals surface area contributed by atoms with Crippen molar-refractivity contribution in [3.8, 4) is 5.75 Å². The van der Waals surface area contributed by atoms with Crippen LogP contribution in [-0.2, 0) is 6.61 Å². The molecule has 3 nitrogen and oxygen atoms in total. The first kappa shape index (κ1) is 9.34. The first-order chi connectivity index (χ1) is 6.85. The summed E-state index contributed by atoms with van der Waals surface area (Å²) in [4.78, 5) is 2.28. The van der Waals surface area contributed by atoms with Gasteiger partial charge in [-0.25, -0.2) is 0 Å². The Bertz CT molecular complexity index is 325. The lowest BCUT2D eigenvalue weighted by molar-refractivity contribution is 0.278. The molecule has 2 rings (SSSR count). The molecule has 0 amide bonds. The van der Waals surface area contributed by atoms with E-state index in [0.717, 1.165) is 36.7 Å². The molecule has 0 aliphatic carbocycles. The summed E-state index contributed by atoms with van der Waals surface area (Å²) in [6, 6.07) is 5.87. The topological polar surface area (TPSA) is 32.7 Å². The molecule has 76 valence electrons. The van der Waals surface area contributed by atoms with Crippen LogP contribution in [0.3, 0.4) is 0 Å². The van der Waals surface area contributed by atoms with Crippen LogP contribution in [0.5, 0.6) is 5.75 Å². The number of aliphatic hydroxyl groups excluding tert-OH is 1. The maximum atomic E-state index is 8.99. The summed E-state index contributed by atoms with van der Waals surface area (Å²) in [5.74, 6) is 0.893. The van der Waals surface area contributed by atoms with E-state index in [2.05, 4.69) is 11.8 Å². The second-order valence-electron chi connectivity index (χ2n) is 3.39. The van der Waals surface area contributed by atoms with Crippen LogP contribution in [0.1, 0.15) is 12.5 Å². The number of hydrogen-bond donors (Lipinski definition) is 1. The minimum Gasteiger partial charge on any atom is -0.490 e. The molecule has 3 heteroatoms. The zero-order valence-electron chi connectivity index (χ0n) is 8.36. The van der Waals surface area contributed by atoms with Gasteiger partial charge >= 0.3 is 0 Å². The van der Waals surface area contributed by atoms with E-state index in [1.807, 2.05) is 18.2 Å². The molecule has 0 unspecified atom stereocenters. The minimum atomic E-state index is 0.0722. The lowest BCUT2D eigenvalue weighted by Crippen LogP contribution is -2.32. The van der Waals surface area contributed by atoms with Gasteiger partial charge in [-0.15, -0.1) is 0 Å². The van der Waals surface area contributed by atoms with Crippen LogP contribution in [0.4, 0.5) is 5.69 Å². The highest BCUT2D eigenvalue weighted by Crippen LogP contribution is 2.32. The summed E-state index contributed by atoms with van der Waals surface area (Å²) in [6.07, 6.45) is 0. The van der Waals surface area contributed by atoms with Crippen molar-refractivity contribution in [2.75, 3.05) is 24.6 Å². The summed E-state index contributed by atoms with van der Waals surface area (Å²) in [6.45, 7) is 4.88. The van der Waals surface area contributed by atoms with Crippen molar-refractivity contribution in [2.45, 2.75) is 13.5 Å². The van der Waals surface area contributed by atoms with Crippen LogP contribution in [0.15, 0.2) is 18.2 Å². The summed E-state index contributed by atoms with van der Waals surface area (Å²) in [5, 5.41) is 8.99. The molecule has 0 atom stereocenters. The fourth-order valence-electron chi connectivity index (χ4n) is 1.75. The molecule has 0 bridgehead atoms. The third-order valence-electron chi connectivity index (χ3n) is 2.55. The molecule has 0 spiro atoms. The highest BCUT2D eigenvalue weighted by molar-refractivity contribution is 5.60. The summed E-state index contributed by atoms with van der Waals surface area (Å²) < 4.78 is 5.55. The van der Waals surface area contributed by atoms with E-state index in [9.17, 15) is 0 Å². The van der Waals surface area contributed by atoms with Crippen LogP contribution in [0, 0.1) is 0 Å². The number of nitrogens with zero attached hydrogens (tertiary/aromatic N) is 1. The van der Waals surface area contributed by atoms with E-state index in [4.69, 9.17) is 9.84 Å². The van der Waals surface area contributed by atoms with Crippen molar-refractivity contribution < 1.29 is 9.84 Å². The molecule has 1 aromatic carbocycles. The van der Waals surface area contributed by atoms with Crippen LogP contribution in [-0.4, -0.2) is 24.8 Å². The predicted molar refractivity (Wildman–Crippen MR) is 55.7 cm³/mol. The Hall–Kier alpha value is -1.22. The number of anilines is 1. The maximum Gasteiger partial charge on any atom is 0.143 e. The molecule has 1 aliphatic heterocycles. The first-order valence-corrected chi connectivity index (χ1v) is 4.96. The number of ether oxygens (including phenoxy) is 1. The van der Waals surface area contributed by atoms with Crippen LogP contribution >= 0.6 is 0 Å². The molecule has 0 radical (unpaired) electrons. The van der Waals surface area contributed by atoms with Crippen molar-refractivity contribution in [2.24, 2.45) is 0 Å². The van der Waals surface area contributed by atoms with E-state index in [1.165, 1.54) is 0 Å². The summed E-state index contributed by atoms with van der Waals surface area (Å²) >= 11 is 0. The second kappa shape index (κ2) is 3.88. The Morgan fingerprint density at radius 3 is 3.07 bits per heavy atom. The number of hydrogen-bond acceptors (Lipinski definition) is 3. The third kappa shape index (κ3) is 1.55. The highest BCUT2D eigenvalue weighted by atomic mass is 16.5. The molecule has 0 saturated carbocycles. The van der Waals surface area contributed by atoms with Crippen molar-refractivity contribution >= 4 is 5.69 Å². The Labute approximate surface area is 83.9 Å². The molecule has 0 fully saturated rings. The van der Waals surface area contributed by atoms with E-state index in [-0.39, 0.29) is 6.61 Å². The molecule has 1 aromatic rings. The van der Waals surface area contributed by atoms with Gasteiger partial charge < -0.3 is 14.7 Å². The lowest BCUT2D eigenvalue weighted by atomic mass is 10.1. The lowest BCUT2D eigenvalue weighted by Gasteiger charge is -2.30. The van der Waals surface area contributed by atoms with Gasteiger partial charge in [0.05, 0.1) is 18.8 Å². The van der Waals surface area contributed by atoms with Crippen molar-refractivity contribution in [3.63, 3.8) is 0 Å². The number of fused-ring (bicyclic) bond motifs is 1. The smallest absolute Gasteiger partial charge is 0.143 e. The van der Waals surface area contributed by atoms with Gasteiger partial charge in [-0.1, -0.05) is 6.07 Å². The minimum absolute atomic E-state index is 0.0722. The highest BCUT2D eigenvalue weighted by Gasteiger charge is 2.16. The Kier molecular flexibility index (Phi) is 2.59. The van der Waals surface area contributed by atoms with Gasteiger partial charge in [-0.3, -0.25) is 0 Å². The van der Waals surface area contributed by atoms with Gasteiger partial charge in [0.15, 0.2) is 0 Å². The van der Waals surface area contributed by atoms with Gasteiger partial charge in [0.25, 0.3) is 0 Å². The monoisotopic (exact) mass is 193 g/mol. The van der Waals surface area contributed by atoms with E-state index < -0.39 is 0 Å². The standard InChI is InChI=1S/C11H15NO2/c1-2-12-5-6-14-11-7-9(8-13)3-4-10(11)12/h3-4,7,13H,2,5-6,8H2,1H3. The molecular weight excluding hydrogens is 178 g/mol. The Morgan fingerprint density at radius 2 is 2.36 bits per heavy atom. The van der Waals surface area contributed by atoms with Crippen LogP contribution in [0.2, 0.25) is 0 Å². The zero-order chi connectivity index (χ0) is 9.97. The Balaban J connectivity index is 2.35. The van der Waals surface area contributed by atoms with Gasteiger partial charge in [-0.2, -0.15) is 0 Å². The second-order valence-corrected chi connectivity index (χ2v) is 3.39. The first-order valence-electron chi connectivity index (χ1n) is 4.96.